The topological polar surface area (TPSA) is 75.7 Å². The molecule has 1 N–H and O–H groups in total. The zero-order valence-electron chi connectivity index (χ0n) is 20.3. The van der Waals surface area contributed by atoms with E-state index in [1.165, 1.54) is 23.6 Å². The Morgan fingerprint density at radius 2 is 1.82 bits per heavy atom. The number of aryl methyl sites for hydroxylation is 1. The second-order valence-electron chi connectivity index (χ2n) is 9.55. The van der Waals surface area contributed by atoms with Gasteiger partial charge in [0.25, 0.3) is 10.0 Å². The molecular formula is C27H36N2O4S. The number of fused-ring (bicyclic) bond motifs is 1. The molecule has 0 radical (unpaired) electrons. The van der Waals surface area contributed by atoms with Crippen molar-refractivity contribution in [3.8, 4) is 5.75 Å². The van der Waals surface area contributed by atoms with Crippen LogP contribution in [0.3, 0.4) is 0 Å². The minimum atomic E-state index is -3.68. The highest BCUT2D eigenvalue weighted by Gasteiger charge is 2.30. The SMILES string of the molecule is CCCCC1CCC(C(=O)Nc2ccc3c(c2)CCCN3S(=O)(=O)c2ccc(OC)cc2)CC1. The number of anilines is 2. The maximum Gasteiger partial charge on any atom is 0.264 e. The van der Waals surface area contributed by atoms with Gasteiger partial charge in [0.2, 0.25) is 5.91 Å². The van der Waals surface area contributed by atoms with E-state index < -0.39 is 10.0 Å². The molecule has 0 spiro atoms. The van der Waals surface area contributed by atoms with Gasteiger partial charge in [0.15, 0.2) is 0 Å². The number of ether oxygens (including phenoxy) is 1. The number of nitrogens with one attached hydrogen (secondary N) is 1. The molecule has 2 aromatic carbocycles. The van der Waals surface area contributed by atoms with Gasteiger partial charge < -0.3 is 10.1 Å². The van der Waals surface area contributed by atoms with Gasteiger partial charge in [-0.15, -0.1) is 0 Å². The number of nitrogens with zero attached hydrogens (tertiary/aromatic N) is 1. The van der Waals surface area contributed by atoms with Crippen molar-refractivity contribution in [3.63, 3.8) is 0 Å². The summed E-state index contributed by atoms with van der Waals surface area (Å²) in [6, 6.07) is 12.1. The van der Waals surface area contributed by atoms with Crippen LogP contribution < -0.4 is 14.4 Å². The molecule has 7 heteroatoms. The maximum atomic E-state index is 13.3. The summed E-state index contributed by atoms with van der Waals surface area (Å²) in [6.07, 6.45) is 9.52. The third-order valence-corrected chi connectivity index (χ3v) is 9.08. The van der Waals surface area contributed by atoms with Gasteiger partial charge in [0, 0.05) is 18.2 Å². The van der Waals surface area contributed by atoms with Crippen molar-refractivity contribution in [2.45, 2.75) is 69.6 Å². The van der Waals surface area contributed by atoms with E-state index in [9.17, 15) is 13.2 Å². The van der Waals surface area contributed by atoms with Crippen LogP contribution in [0.1, 0.15) is 63.9 Å². The van der Waals surface area contributed by atoms with Crippen LogP contribution in [0.4, 0.5) is 11.4 Å². The molecule has 184 valence electrons. The number of hydrogen-bond donors (Lipinski definition) is 1. The zero-order chi connectivity index (χ0) is 24.1. The van der Waals surface area contributed by atoms with Crippen molar-refractivity contribution >= 4 is 27.3 Å². The zero-order valence-corrected chi connectivity index (χ0v) is 21.1. The van der Waals surface area contributed by atoms with E-state index in [1.54, 1.807) is 31.4 Å². The normalized spacial score (nSPS) is 20.5. The number of methoxy groups -OCH3 is 1. The van der Waals surface area contributed by atoms with E-state index in [0.29, 0.717) is 18.0 Å². The van der Waals surface area contributed by atoms with Gasteiger partial charge in [-0.1, -0.05) is 26.2 Å². The predicted molar refractivity (Wildman–Crippen MR) is 136 cm³/mol. The largest absolute Gasteiger partial charge is 0.497 e. The molecule has 1 amide bonds. The fourth-order valence-electron chi connectivity index (χ4n) is 5.22. The van der Waals surface area contributed by atoms with E-state index in [-0.39, 0.29) is 16.7 Å². The van der Waals surface area contributed by atoms with E-state index in [1.807, 2.05) is 18.2 Å². The molecule has 0 saturated heterocycles. The smallest absolute Gasteiger partial charge is 0.264 e. The molecule has 2 aromatic rings. The third kappa shape index (κ3) is 5.40. The molecule has 1 fully saturated rings. The molecule has 2 aliphatic rings. The van der Waals surface area contributed by atoms with Gasteiger partial charge in [-0.2, -0.15) is 0 Å². The number of amides is 1. The first-order valence-corrected chi connectivity index (χ1v) is 14.0. The minimum Gasteiger partial charge on any atom is -0.497 e. The molecular weight excluding hydrogens is 448 g/mol. The van der Waals surface area contributed by atoms with Crippen LogP contribution in [0.2, 0.25) is 0 Å². The Morgan fingerprint density at radius 3 is 2.50 bits per heavy atom. The van der Waals surface area contributed by atoms with Crippen molar-refractivity contribution in [1.29, 1.82) is 0 Å². The maximum absolute atomic E-state index is 13.3. The van der Waals surface area contributed by atoms with Crippen LogP contribution in [0.25, 0.3) is 0 Å². The fraction of sp³-hybridized carbons (Fsp3) is 0.519. The molecule has 0 unspecified atom stereocenters. The Bertz CT molecular complexity index is 1090. The van der Waals surface area contributed by atoms with Crippen molar-refractivity contribution < 1.29 is 17.9 Å². The van der Waals surface area contributed by atoms with Crippen molar-refractivity contribution in [2.75, 3.05) is 23.3 Å². The van der Waals surface area contributed by atoms with Crippen LogP contribution in [0.15, 0.2) is 47.4 Å². The lowest BCUT2D eigenvalue weighted by Crippen LogP contribution is -2.35. The molecule has 34 heavy (non-hydrogen) atoms. The van der Waals surface area contributed by atoms with E-state index >= 15 is 0 Å². The van der Waals surface area contributed by atoms with Gasteiger partial charge in [-0.05, 0) is 92.5 Å². The standard InChI is InChI=1S/C27H36N2O4S/c1-3-4-6-20-8-10-21(11-9-20)27(30)28-23-12-17-26-22(19-23)7-5-18-29(26)34(31,32)25-15-13-24(33-2)14-16-25/h12-17,19-21H,3-11,18H2,1-2H3,(H,28,30). The number of carbonyl (C=O) groups excluding carboxylic acids is 1. The van der Waals surface area contributed by atoms with E-state index in [2.05, 4.69) is 12.2 Å². The second kappa shape index (κ2) is 10.8. The fourth-order valence-corrected chi connectivity index (χ4v) is 6.76. The summed E-state index contributed by atoms with van der Waals surface area (Å²) in [5.41, 5.74) is 2.39. The molecule has 4 rings (SSSR count). The molecule has 1 saturated carbocycles. The summed E-state index contributed by atoms with van der Waals surface area (Å²) in [5, 5.41) is 3.10. The quantitative estimate of drug-likeness (QED) is 0.516. The summed E-state index contributed by atoms with van der Waals surface area (Å²) in [6.45, 7) is 2.67. The molecule has 1 aliphatic carbocycles. The first-order valence-electron chi connectivity index (χ1n) is 12.5. The molecule has 0 atom stereocenters. The van der Waals surface area contributed by atoms with Gasteiger partial charge in [0.1, 0.15) is 5.75 Å². The number of rotatable bonds is 8. The highest BCUT2D eigenvalue weighted by atomic mass is 32.2. The summed E-state index contributed by atoms with van der Waals surface area (Å²) in [4.78, 5) is 13.1. The summed E-state index contributed by atoms with van der Waals surface area (Å²) < 4.78 is 33.3. The van der Waals surface area contributed by atoms with Crippen molar-refractivity contribution in [1.82, 2.24) is 0 Å². The Morgan fingerprint density at radius 1 is 1.09 bits per heavy atom. The first kappa shape index (κ1) is 24.6. The number of hydrogen-bond acceptors (Lipinski definition) is 4. The molecule has 6 nitrogen and oxygen atoms in total. The predicted octanol–water partition coefficient (Wildman–Crippen LogP) is 5.77. The van der Waals surface area contributed by atoms with Crippen LogP contribution in [-0.2, 0) is 21.2 Å². The molecule has 0 aromatic heterocycles. The van der Waals surface area contributed by atoms with Crippen molar-refractivity contribution in [3.05, 3.63) is 48.0 Å². The second-order valence-corrected chi connectivity index (χ2v) is 11.4. The highest BCUT2D eigenvalue weighted by Crippen LogP contribution is 2.35. The number of carbonyl (C=O) groups is 1. The summed E-state index contributed by atoms with van der Waals surface area (Å²) in [7, 11) is -2.12. The average molecular weight is 485 g/mol. The lowest BCUT2D eigenvalue weighted by Gasteiger charge is -2.31. The molecule has 1 heterocycles. The Balaban J connectivity index is 1.44. The number of sulfonamides is 1. The minimum absolute atomic E-state index is 0.0702. The summed E-state index contributed by atoms with van der Waals surface area (Å²) in [5.74, 6) is 1.55. The Kier molecular flexibility index (Phi) is 7.81. The van der Waals surface area contributed by atoms with E-state index in [4.69, 9.17) is 4.74 Å². The lowest BCUT2D eigenvalue weighted by molar-refractivity contribution is -0.121. The van der Waals surface area contributed by atoms with Crippen molar-refractivity contribution in [2.24, 2.45) is 11.8 Å². The van der Waals surface area contributed by atoms with Gasteiger partial charge in [-0.25, -0.2) is 8.42 Å². The van der Waals surface area contributed by atoms with Crippen LogP contribution in [0, 0.1) is 11.8 Å². The molecule has 1 aliphatic heterocycles. The number of unbranched alkanes of at least 4 members (excludes halogenated alkanes) is 1. The summed E-state index contributed by atoms with van der Waals surface area (Å²) >= 11 is 0. The lowest BCUT2D eigenvalue weighted by atomic mass is 9.79. The van der Waals surface area contributed by atoms with E-state index in [0.717, 1.165) is 55.7 Å². The average Bonchev–Trinajstić information content (AvgIpc) is 2.87. The monoisotopic (exact) mass is 484 g/mol. The Hall–Kier alpha value is -2.54. The van der Waals surface area contributed by atoms with Gasteiger partial charge >= 0.3 is 0 Å². The number of benzene rings is 2. The van der Waals surface area contributed by atoms with Gasteiger partial charge in [-0.3, -0.25) is 9.10 Å². The van der Waals surface area contributed by atoms with Gasteiger partial charge in [0.05, 0.1) is 17.7 Å². The molecule has 0 bridgehead atoms. The van der Waals surface area contributed by atoms with Crippen LogP contribution >= 0.6 is 0 Å². The van der Waals surface area contributed by atoms with Crippen LogP contribution in [-0.4, -0.2) is 28.0 Å². The highest BCUT2D eigenvalue weighted by molar-refractivity contribution is 7.92. The van der Waals surface area contributed by atoms with Crippen LogP contribution in [0.5, 0.6) is 5.75 Å². The first-order chi connectivity index (χ1) is 16.4. The third-order valence-electron chi connectivity index (χ3n) is 7.25. The Labute approximate surface area is 203 Å².